The molecule has 1 saturated heterocycles. The van der Waals surface area contributed by atoms with Crippen molar-refractivity contribution in [1.82, 2.24) is 0 Å². The topological polar surface area (TPSA) is 38.7 Å². The van der Waals surface area contributed by atoms with Gasteiger partial charge in [0.25, 0.3) is 0 Å². The highest BCUT2D eigenvalue weighted by Gasteiger charge is 2.35. The molecule has 112 valence electrons. The average molecular weight is 270 g/mol. The molecule has 1 heterocycles. The molecule has 0 radical (unpaired) electrons. The van der Waals surface area contributed by atoms with Gasteiger partial charge in [-0.2, -0.15) is 0 Å². The number of hydrogen-bond donors (Lipinski definition) is 1. The summed E-state index contributed by atoms with van der Waals surface area (Å²) >= 11 is 0. The van der Waals surface area contributed by atoms with Gasteiger partial charge in [-0.25, -0.2) is 0 Å². The Bertz CT molecular complexity index is 263. The minimum atomic E-state index is -0.534. The average Bonchev–Trinajstić information content (AvgIpc) is 2.27. The molecule has 1 aliphatic heterocycles. The molecule has 0 aromatic heterocycles. The largest absolute Gasteiger partial charge is 0.393 e. The van der Waals surface area contributed by atoms with Gasteiger partial charge in [0.05, 0.1) is 18.3 Å². The van der Waals surface area contributed by atoms with Crippen LogP contribution in [0.2, 0.25) is 0 Å². The van der Waals surface area contributed by atoms with Crippen LogP contribution in [-0.2, 0) is 9.47 Å². The van der Waals surface area contributed by atoms with Crippen LogP contribution >= 0.6 is 0 Å². The summed E-state index contributed by atoms with van der Waals surface area (Å²) < 4.78 is 11.9. The second kappa shape index (κ2) is 8.03. The molecule has 1 rings (SSSR count). The maximum atomic E-state index is 9.88. The number of hydrogen-bond acceptors (Lipinski definition) is 3. The number of aliphatic hydroxyl groups excluding tert-OH is 1. The summed E-state index contributed by atoms with van der Waals surface area (Å²) in [4.78, 5) is 0. The second-order valence-corrected chi connectivity index (χ2v) is 6.02. The predicted molar refractivity (Wildman–Crippen MR) is 78.0 cm³/mol. The van der Waals surface area contributed by atoms with Gasteiger partial charge in [0.1, 0.15) is 0 Å². The highest BCUT2D eigenvalue weighted by molar-refractivity contribution is 4.81. The second-order valence-electron chi connectivity index (χ2n) is 6.02. The van der Waals surface area contributed by atoms with E-state index in [1.165, 1.54) is 19.3 Å². The Balaban J connectivity index is 2.45. The lowest BCUT2D eigenvalue weighted by Crippen LogP contribution is -2.45. The van der Waals surface area contributed by atoms with E-state index in [0.717, 1.165) is 12.8 Å². The molecule has 1 fully saturated rings. The van der Waals surface area contributed by atoms with E-state index in [9.17, 15) is 5.11 Å². The van der Waals surface area contributed by atoms with E-state index in [1.807, 2.05) is 13.8 Å². The van der Waals surface area contributed by atoms with Crippen molar-refractivity contribution in [1.29, 1.82) is 0 Å². The Morgan fingerprint density at radius 3 is 2.63 bits per heavy atom. The van der Waals surface area contributed by atoms with E-state index in [-0.39, 0.29) is 18.3 Å². The summed E-state index contributed by atoms with van der Waals surface area (Å²) in [7, 11) is 0. The van der Waals surface area contributed by atoms with Crippen LogP contribution in [0.25, 0.3) is 0 Å². The third-order valence-corrected chi connectivity index (χ3v) is 3.53. The quantitative estimate of drug-likeness (QED) is 0.538. The Morgan fingerprint density at radius 2 is 2.00 bits per heavy atom. The highest BCUT2D eigenvalue weighted by Crippen LogP contribution is 2.31. The van der Waals surface area contributed by atoms with Crippen LogP contribution in [-0.4, -0.2) is 29.2 Å². The van der Waals surface area contributed by atoms with Crippen molar-refractivity contribution in [2.75, 3.05) is 0 Å². The maximum Gasteiger partial charge on any atom is 0.163 e. The molecule has 0 aliphatic carbocycles. The molecule has 0 spiro atoms. The lowest BCUT2D eigenvalue weighted by atomic mass is 9.98. The van der Waals surface area contributed by atoms with E-state index in [4.69, 9.17) is 9.47 Å². The van der Waals surface area contributed by atoms with Gasteiger partial charge in [-0.1, -0.05) is 32.3 Å². The van der Waals surface area contributed by atoms with Crippen LogP contribution in [0.4, 0.5) is 0 Å². The van der Waals surface area contributed by atoms with Crippen LogP contribution in [0.5, 0.6) is 0 Å². The van der Waals surface area contributed by atoms with Gasteiger partial charge in [-0.15, -0.1) is 6.58 Å². The molecule has 0 amide bonds. The molecule has 1 N–H and O–H groups in total. The SMILES string of the molecule is C=CCC(O)C[C@H]1C[C@@H](CCCCC)OC(C)(C)O1. The molecule has 3 atom stereocenters. The fraction of sp³-hybridized carbons (Fsp3) is 0.875. The van der Waals surface area contributed by atoms with Crippen molar-refractivity contribution in [2.45, 2.75) is 89.8 Å². The summed E-state index contributed by atoms with van der Waals surface area (Å²) in [5.41, 5.74) is 0. The van der Waals surface area contributed by atoms with E-state index in [0.29, 0.717) is 12.8 Å². The van der Waals surface area contributed by atoms with Crippen LogP contribution in [0, 0.1) is 0 Å². The molecule has 0 aromatic rings. The minimum absolute atomic E-state index is 0.0883. The van der Waals surface area contributed by atoms with Gasteiger partial charge in [0, 0.05) is 12.8 Å². The maximum absolute atomic E-state index is 9.88. The predicted octanol–water partition coefficient (Wildman–Crippen LogP) is 3.80. The van der Waals surface area contributed by atoms with Gasteiger partial charge >= 0.3 is 0 Å². The number of unbranched alkanes of at least 4 members (excludes halogenated alkanes) is 2. The zero-order valence-electron chi connectivity index (χ0n) is 12.7. The van der Waals surface area contributed by atoms with E-state index in [1.54, 1.807) is 6.08 Å². The van der Waals surface area contributed by atoms with Gasteiger partial charge in [0.2, 0.25) is 0 Å². The lowest BCUT2D eigenvalue weighted by Gasteiger charge is -2.41. The fourth-order valence-electron chi connectivity index (χ4n) is 2.76. The molecule has 3 nitrogen and oxygen atoms in total. The van der Waals surface area contributed by atoms with Gasteiger partial charge in [-0.3, -0.25) is 0 Å². The molecular weight excluding hydrogens is 240 g/mol. The van der Waals surface area contributed by atoms with Crippen molar-refractivity contribution in [2.24, 2.45) is 0 Å². The molecule has 19 heavy (non-hydrogen) atoms. The van der Waals surface area contributed by atoms with E-state index in [2.05, 4.69) is 13.5 Å². The van der Waals surface area contributed by atoms with Crippen LogP contribution in [0.1, 0.15) is 65.7 Å². The first kappa shape index (κ1) is 16.7. The Hall–Kier alpha value is -0.380. The zero-order valence-corrected chi connectivity index (χ0v) is 12.7. The molecule has 0 bridgehead atoms. The molecule has 1 unspecified atom stereocenters. The number of rotatable bonds is 8. The van der Waals surface area contributed by atoms with Crippen molar-refractivity contribution in [3.05, 3.63) is 12.7 Å². The third-order valence-electron chi connectivity index (χ3n) is 3.53. The normalized spacial score (nSPS) is 28.0. The van der Waals surface area contributed by atoms with Crippen molar-refractivity contribution in [3.63, 3.8) is 0 Å². The Morgan fingerprint density at radius 1 is 1.32 bits per heavy atom. The van der Waals surface area contributed by atoms with Crippen molar-refractivity contribution >= 4 is 0 Å². The van der Waals surface area contributed by atoms with Gasteiger partial charge in [-0.05, 0) is 26.7 Å². The summed E-state index contributed by atoms with van der Waals surface area (Å²) in [6, 6.07) is 0. The number of ether oxygens (including phenoxy) is 2. The number of aliphatic hydroxyl groups is 1. The Labute approximate surface area is 118 Å². The van der Waals surface area contributed by atoms with E-state index < -0.39 is 5.79 Å². The summed E-state index contributed by atoms with van der Waals surface area (Å²) in [6.45, 7) is 9.80. The summed E-state index contributed by atoms with van der Waals surface area (Å²) in [5, 5.41) is 9.88. The molecule has 1 aliphatic rings. The minimum Gasteiger partial charge on any atom is -0.393 e. The Kier molecular flexibility index (Phi) is 7.05. The highest BCUT2D eigenvalue weighted by atomic mass is 16.7. The third kappa shape index (κ3) is 6.55. The van der Waals surface area contributed by atoms with Gasteiger partial charge in [0.15, 0.2) is 5.79 Å². The standard InChI is InChI=1S/C16H30O3/c1-5-7-8-10-14-12-15(11-13(17)9-6-2)19-16(3,4)18-14/h6,13-15,17H,2,5,7-12H2,1,3-4H3/t13?,14-,15+/m1/s1. The first-order valence-electron chi connectivity index (χ1n) is 7.61. The van der Waals surface area contributed by atoms with Crippen molar-refractivity contribution < 1.29 is 14.6 Å². The molecule has 3 heteroatoms. The van der Waals surface area contributed by atoms with Crippen LogP contribution in [0.15, 0.2) is 12.7 Å². The van der Waals surface area contributed by atoms with Crippen LogP contribution in [0.3, 0.4) is 0 Å². The first-order valence-corrected chi connectivity index (χ1v) is 7.61. The lowest BCUT2D eigenvalue weighted by molar-refractivity contribution is -0.303. The first-order chi connectivity index (χ1) is 8.96. The van der Waals surface area contributed by atoms with Crippen molar-refractivity contribution in [3.8, 4) is 0 Å². The monoisotopic (exact) mass is 270 g/mol. The van der Waals surface area contributed by atoms with E-state index >= 15 is 0 Å². The smallest absolute Gasteiger partial charge is 0.163 e. The van der Waals surface area contributed by atoms with Gasteiger partial charge < -0.3 is 14.6 Å². The summed E-state index contributed by atoms with van der Waals surface area (Å²) in [5.74, 6) is -0.534. The molecule has 0 aromatic carbocycles. The molecule has 0 saturated carbocycles. The molecular formula is C16H30O3. The summed E-state index contributed by atoms with van der Waals surface area (Å²) in [6.07, 6.45) is 8.72. The van der Waals surface area contributed by atoms with Crippen LogP contribution < -0.4 is 0 Å². The zero-order chi connectivity index (χ0) is 14.3. The fourth-order valence-corrected chi connectivity index (χ4v) is 2.76.